The molecule has 0 aromatic rings. The van der Waals surface area contributed by atoms with E-state index in [0.717, 1.165) is 11.3 Å². The summed E-state index contributed by atoms with van der Waals surface area (Å²) in [5.41, 5.74) is 0. The number of carbonyl (C=O) groups excluding carboxylic acids is 4. The number of hydrogen-bond acceptors (Lipinski definition) is 4. The minimum atomic E-state index is -0.528. The predicted octanol–water partition coefficient (Wildman–Crippen LogP) is 2.39. The van der Waals surface area contributed by atoms with Crippen LogP contribution in [0.2, 0.25) is 0 Å². The van der Waals surface area contributed by atoms with Gasteiger partial charge < -0.3 is 4.79 Å². The van der Waals surface area contributed by atoms with Crippen LogP contribution in [0, 0.1) is 23.7 Å². The summed E-state index contributed by atoms with van der Waals surface area (Å²) >= 11 is 0. The average Bonchev–Trinajstić information content (AvgIpc) is 2.51. The molecule has 128 valence electrons. The minimum Gasteiger partial charge on any atom is -0.300 e. The lowest BCUT2D eigenvalue weighted by molar-refractivity contribution is -0.147. The maximum Gasteiger partial charge on any atom is 0.232 e. The molecular weight excluding hydrogens is 294 g/mol. The number of ketones is 2. The van der Waals surface area contributed by atoms with E-state index < -0.39 is 5.92 Å². The van der Waals surface area contributed by atoms with Gasteiger partial charge in [0.1, 0.15) is 11.6 Å². The standard InChI is InChI=1S/C18H27NO4/c1-5-10-19(11-20)18(23)14(4)16-8-6-12(2)15(17(16)22)9-7-13(3)21/h5,11-12,14-16H,1,6-10H2,2-4H3/t12-,14-,15+,16+/m1/s1. The molecule has 0 radical (unpaired) electrons. The zero-order chi connectivity index (χ0) is 17.6. The summed E-state index contributed by atoms with van der Waals surface area (Å²) < 4.78 is 0. The lowest BCUT2D eigenvalue weighted by Crippen LogP contribution is -2.44. The Bertz CT molecular complexity index is 485. The molecule has 1 fully saturated rings. The molecule has 5 nitrogen and oxygen atoms in total. The molecule has 1 aliphatic carbocycles. The first-order valence-corrected chi connectivity index (χ1v) is 8.23. The molecule has 0 unspecified atom stereocenters. The topological polar surface area (TPSA) is 71.5 Å². The van der Waals surface area contributed by atoms with Crippen molar-refractivity contribution < 1.29 is 19.2 Å². The van der Waals surface area contributed by atoms with E-state index in [9.17, 15) is 19.2 Å². The van der Waals surface area contributed by atoms with Gasteiger partial charge in [0.05, 0.1) is 0 Å². The zero-order valence-corrected chi connectivity index (χ0v) is 14.3. The molecule has 0 N–H and O–H groups in total. The molecule has 0 aromatic heterocycles. The van der Waals surface area contributed by atoms with E-state index in [4.69, 9.17) is 0 Å². The molecule has 2 amide bonds. The highest BCUT2D eigenvalue weighted by Gasteiger charge is 2.41. The molecule has 0 saturated heterocycles. The molecular formula is C18H27NO4. The Morgan fingerprint density at radius 3 is 2.57 bits per heavy atom. The van der Waals surface area contributed by atoms with Gasteiger partial charge in [0.15, 0.2) is 0 Å². The Hall–Kier alpha value is -1.78. The van der Waals surface area contributed by atoms with Gasteiger partial charge >= 0.3 is 0 Å². The third-order valence-corrected chi connectivity index (χ3v) is 4.89. The van der Waals surface area contributed by atoms with Crippen LogP contribution < -0.4 is 0 Å². The van der Waals surface area contributed by atoms with Crippen LogP contribution in [-0.2, 0) is 19.2 Å². The summed E-state index contributed by atoms with van der Waals surface area (Å²) in [4.78, 5) is 48.5. The number of imide groups is 1. The summed E-state index contributed by atoms with van der Waals surface area (Å²) in [6.45, 7) is 8.95. The van der Waals surface area contributed by atoms with Crippen molar-refractivity contribution in [1.29, 1.82) is 0 Å². The van der Waals surface area contributed by atoms with E-state index >= 15 is 0 Å². The highest BCUT2D eigenvalue weighted by molar-refractivity contribution is 5.94. The Kier molecular flexibility index (Phi) is 7.33. The predicted molar refractivity (Wildman–Crippen MR) is 87.4 cm³/mol. The summed E-state index contributed by atoms with van der Waals surface area (Å²) in [5.74, 6) is -1.03. The lowest BCUT2D eigenvalue weighted by atomic mass is 9.68. The van der Waals surface area contributed by atoms with Crippen LogP contribution in [0.1, 0.15) is 46.5 Å². The second kappa shape index (κ2) is 8.75. The van der Waals surface area contributed by atoms with Crippen LogP contribution in [0.4, 0.5) is 0 Å². The van der Waals surface area contributed by atoms with Crippen LogP contribution in [0.3, 0.4) is 0 Å². The van der Waals surface area contributed by atoms with E-state index in [2.05, 4.69) is 6.58 Å². The van der Waals surface area contributed by atoms with Gasteiger partial charge in [-0.15, -0.1) is 6.58 Å². The summed E-state index contributed by atoms with van der Waals surface area (Å²) in [6.07, 6.45) is 4.44. The third kappa shape index (κ3) is 4.85. The van der Waals surface area contributed by atoms with E-state index in [1.165, 1.54) is 13.0 Å². The van der Waals surface area contributed by atoms with E-state index in [1.807, 2.05) is 6.92 Å². The highest BCUT2D eigenvalue weighted by Crippen LogP contribution is 2.37. The van der Waals surface area contributed by atoms with Crippen molar-refractivity contribution in [3.63, 3.8) is 0 Å². The Balaban J connectivity index is 2.83. The molecule has 5 heteroatoms. The number of rotatable bonds is 8. The van der Waals surface area contributed by atoms with Gasteiger partial charge in [0.25, 0.3) is 0 Å². The van der Waals surface area contributed by atoms with Crippen molar-refractivity contribution in [2.45, 2.75) is 46.5 Å². The van der Waals surface area contributed by atoms with Crippen molar-refractivity contribution in [2.75, 3.05) is 6.54 Å². The fraction of sp³-hybridized carbons (Fsp3) is 0.667. The average molecular weight is 321 g/mol. The van der Waals surface area contributed by atoms with Gasteiger partial charge in [-0.25, -0.2) is 0 Å². The fourth-order valence-corrected chi connectivity index (χ4v) is 3.38. The summed E-state index contributed by atoms with van der Waals surface area (Å²) in [6, 6.07) is 0. The Morgan fingerprint density at radius 2 is 2.04 bits per heavy atom. The molecule has 0 aromatic carbocycles. The number of hydrogen-bond donors (Lipinski definition) is 0. The smallest absolute Gasteiger partial charge is 0.232 e. The number of nitrogens with zero attached hydrogens (tertiary/aromatic N) is 1. The quantitative estimate of drug-likeness (QED) is 0.508. The summed E-state index contributed by atoms with van der Waals surface area (Å²) in [7, 11) is 0. The van der Waals surface area contributed by atoms with E-state index in [1.54, 1.807) is 6.92 Å². The molecule has 23 heavy (non-hydrogen) atoms. The Morgan fingerprint density at radius 1 is 1.39 bits per heavy atom. The van der Waals surface area contributed by atoms with Crippen molar-refractivity contribution >= 4 is 23.9 Å². The minimum absolute atomic E-state index is 0.0651. The van der Waals surface area contributed by atoms with Gasteiger partial charge in [-0.2, -0.15) is 0 Å². The summed E-state index contributed by atoms with van der Waals surface area (Å²) in [5, 5.41) is 0. The van der Waals surface area contributed by atoms with Crippen molar-refractivity contribution in [3.8, 4) is 0 Å². The normalized spacial score (nSPS) is 25.5. The monoisotopic (exact) mass is 321 g/mol. The maximum atomic E-state index is 12.8. The SMILES string of the molecule is C=CCN(C=O)C(=O)[C@H](C)[C@@H]1CC[C@@H](C)[C@H](CCC(C)=O)C1=O. The number of amides is 2. The number of Topliss-reactive ketones (excluding diaryl/α,β-unsaturated/α-hetero) is 2. The zero-order valence-electron chi connectivity index (χ0n) is 14.3. The van der Waals surface area contributed by atoms with Gasteiger partial charge in [-0.1, -0.05) is 19.9 Å². The van der Waals surface area contributed by atoms with Crippen molar-refractivity contribution in [3.05, 3.63) is 12.7 Å². The van der Waals surface area contributed by atoms with Crippen LogP contribution in [0.25, 0.3) is 0 Å². The first kappa shape index (κ1) is 19.3. The number of carbonyl (C=O) groups is 4. The van der Waals surface area contributed by atoms with E-state index in [0.29, 0.717) is 25.7 Å². The van der Waals surface area contributed by atoms with E-state index in [-0.39, 0.29) is 41.8 Å². The van der Waals surface area contributed by atoms with Crippen molar-refractivity contribution in [2.24, 2.45) is 23.7 Å². The van der Waals surface area contributed by atoms with Crippen molar-refractivity contribution in [1.82, 2.24) is 4.90 Å². The molecule has 0 heterocycles. The molecule has 1 aliphatic rings. The maximum absolute atomic E-state index is 12.8. The molecule has 1 rings (SSSR count). The first-order valence-electron chi connectivity index (χ1n) is 8.23. The largest absolute Gasteiger partial charge is 0.300 e. The first-order chi connectivity index (χ1) is 10.8. The lowest BCUT2D eigenvalue weighted by Gasteiger charge is -2.36. The van der Waals surface area contributed by atoms with Crippen LogP contribution in [-0.4, -0.2) is 35.3 Å². The molecule has 1 saturated carbocycles. The van der Waals surface area contributed by atoms with Gasteiger partial charge in [-0.05, 0) is 32.1 Å². The second-order valence-corrected chi connectivity index (χ2v) is 6.58. The van der Waals surface area contributed by atoms with Crippen LogP contribution in [0.5, 0.6) is 0 Å². The molecule has 0 bridgehead atoms. The van der Waals surface area contributed by atoms with Crippen LogP contribution in [0.15, 0.2) is 12.7 Å². The fourth-order valence-electron chi connectivity index (χ4n) is 3.38. The highest BCUT2D eigenvalue weighted by atomic mass is 16.2. The van der Waals surface area contributed by atoms with Gasteiger partial charge in [-0.3, -0.25) is 19.3 Å². The third-order valence-electron chi connectivity index (χ3n) is 4.89. The molecule has 0 aliphatic heterocycles. The Labute approximate surface area is 138 Å². The van der Waals surface area contributed by atoms with Crippen LogP contribution >= 0.6 is 0 Å². The van der Waals surface area contributed by atoms with Gasteiger partial charge in [0, 0.05) is 30.7 Å². The molecule has 4 atom stereocenters. The van der Waals surface area contributed by atoms with Gasteiger partial charge in [0.2, 0.25) is 12.3 Å². The second-order valence-electron chi connectivity index (χ2n) is 6.58. The molecule has 0 spiro atoms.